The first kappa shape index (κ1) is 31.0. The number of rotatable bonds is 11. The zero-order valence-corrected chi connectivity index (χ0v) is 25.6. The predicted octanol–water partition coefficient (Wildman–Crippen LogP) is 5.74. The van der Waals surface area contributed by atoms with Gasteiger partial charge in [-0.2, -0.15) is 0 Å². The fourth-order valence-corrected chi connectivity index (χ4v) is 6.27. The highest BCUT2D eigenvalue weighted by atomic mass is 35.5. The molecule has 0 radical (unpaired) electrons. The molecular formula is C36H43ClN4O2. The van der Waals surface area contributed by atoms with Crippen LogP contribution >= 0.6 is 11.6 Å². The van der Waals surface area contributed by atoms with Crippen LogP contribution in [0.15, 0.2) is 91.0 Å². The van der Waals surface area contributed by atoms with Gasteiger partial charge in [0.15, 0.2) is 0 Å². The highest BCUT2D eigenvalue weighted by molar-refractivity contribution is 6.30. The molecule has 6 nitrogen and oxygen atoms in total. The molecule has 0 saturated carbocycles. The Morgan fingerprint density at radius 2 is 1.56 bits per heavy atom. The van der Waals surface area contributed by atoms with Crippen molar-refractivity contribution < 1.29 is 9.59 Å². The lowest BCUT2D eigenvalue weighted by atomic mass is 9.90. The van der Waals surface area contributed by atoms with Crippen LogP contribution in [-0.4, -0.2) is 73.0 Å². The topological polar surface area (TPSA) is 64.7 Å². The number of likely N-dealkylation sites (tertiary alicyclic amines) is 1. The minimum absolute atomic E-state index is 0.0000818. The summed E-state index contributed by atoms with van der Waals surface area (Å²) in [4.78, 5) is 31.3. The van der Waals surface area contributed by atoms with Crippen molar-refractivity contribution in [3.05, 3.63) is 113 Å². The van der Waals surface area contributed by atoms with Gasteiger partial charge in [0.05, 0.1) is 6.04 Å². The molecule has 0 bridgehead atoms. The van der Waals surface area contributed by atoms with Crippen LogP contribution in [0.5, 0.6) is 0 Å². The molecule has 3 aromatic rings. The molecule has 226 valence electrons. The summed E-state index contributed by atoms with van der Waals surface area (Å²) in [5, 5.41) is 7.37. The summed E-state index contributed by atoms with van der Waals surface area (Å²) in [7, 11) is 0. The molecule has 2 atom stereocenters. The van der Waals surface area contributed by atoms with Gasteiger partial charge in [-0.25, -0.2) is 0 Å². The number of amides is 2. The summed E-state index contributed by atoms with van der Waals surface area (Å²) >= 11 is 5.97. The SMILES string of the molecule is O=C(C=Cc1ccc(Cl)cc1)NCC1CCN(CC(c2ccccc2)c2ccccc2)C(=O)C(CCN2CCCCC2)N1. The number of nitrogens with one attached hydrogen (secondary N) is 2. The van der Waals surface area contributed by atoms with Crippen molar-refractivity contribution >= 4 is 29.5 Å². The molecule has 5 rings (SSSR count). The molecule has 2 saturated heterocycles. The van der Waals surface area contributed by atoms with Crippen LogP contribution in [0.3, 0.4) is 0 Å². The Bertz CT molecular complexity index is 1290. The van der Waals surface area contributed by atoms with Gasteiger partial charge in [0.2, 0.25) is 11.8 Å². The molecule has 2 amide bonds. The van der Waals surface area contributed by atoms with Crippen molar-refractivity contribution in [2.45, 2.75) is 50.1 Å². The maximum Gasteiger partial charge on any atom is 0.244 e. The molecule has 7 heteroatoms. The van der Waals surface area contributed by atoms with Gasteiger partial charge in [0, 0.05) is 49.2 Å². The van der Waals surface area contributed by atoms with E-state index in [0.717, 1.165) is 38.0 Å². The van der Waals surface area contributed by atoms with Gasteiger partial charge < -0.3 is 20.4 Å². The fraction of sp³-hybridized carbons (Fsp3) is 0.389. The van der Waals surface area contributed by atoms with E-state index in [9.17, 15) is 9.59 Å². The Morgan fingerprint density at radius 3 is 2.21 bits per heavy atom. The van der Waals surface area contributed by atoms with E-state index in [1.807, 2.05) is 36.4 Å². The van der Waals surface area contributed by atoms with Crippen LogP contribution in [0.2, 0.25) is 5.02 Å². The maximum atomic E-state index is 14.1. The molecule has 2 heterocycles. The molecule has 43 heavy (non-hydrogen) atoms. The molecule has 3 aromatic carbocycles. The van der Waals surface area contributed by atoms with Gasteiger partial charge >= 0.3 is 0 Å². The largest absolute Gasteiger partial charge is 0.351 e. The second-order valence-corrected chi connectivity index (χ2v) is 12.1. The van der Waals surface area contributed by atoms with Crippen molar-refractivity contribution in [2.24, 2.45) is 0 Å². The van der Waals surface area contributed by atoms with Crippen LogP contribution in [0.4, 0.5) is 0 Å². The molecule has 2 N–H and O–H groups in total. The van der Waals surface area contributed by atoms with Crippen LogP contribution in [0, 0.1) is 0 Å². The van der Waals surface area contributed by atoms with Crippen LogP contribution in [-0.2, 0) is 9.59 Å². The summed E-state index contributed by atoms with van der Waals surface area (Å²) in [5.74, 6) is 0.0935. The van der Waals surface area contributed by atoms with Crippen LogP contribution in [0.1, 0.15) is 54.7 Å². The molecule has 0 aromatic heterocycles. The van der Waals surface area contributed by atoms with Crippen molar-refractivity contribution in [1.82, 2.24) is 20.4 Å². The lowest BCUT2D eigenvalue weighted by molar-refractivity contribution is -0.133. The Balaban J connectivity index is 1.28. The quantitative estimate of drug-likeness (QED) is 0.277. The van der Waals surface area contributed by atoms with Crippen molar-refractivity contribution in [3.63, 3.8) is 0 Å². The van der Waals surface area contributed by atoms with E-state index in [1.165, 1.54) is 30.4 Å². The normalized spacial score (nSPS) is 20.0. The number of halogens is 1. The maximum absolute atomic E-state index is 14.1. The standard InChI is InChI=1S/C36H43ClN4O2/c37-31-17-14-28(15-18-31)16-19-35(42)38-26-32-20-25-41(36(43)34(39-32)21-24-40-22-8-3-9-23-40)27-33(29-10-4-1-5-11-29)30-12-6-2-7-13-30/h1-2,4-7,10-19,32-34,39H,3,8-9,20-27H2,(H,38,42). The monoisotopic (exact) mass is 598 g/mol. The molecule has 2 fully saturated rings. The smallest absolute Gasteiger partial charge is 0.244 e. The van der Waals surface area contributed by atoms with E-state index >= 15 is 0 Å². The Morgan fingerprint density at radius 1 is 0.907 bits per heavy atom. The number of nitrogens with zero attached hydrogens (tertiary/aromatic N) is 2. The van der Waals surface area contributed by atoms with Gasteiger partial charge in [-0.05, 0) is 73.7 Å². The van der Waals surface area contributed by atoms with E-state index in [4.69, 9.17) is 11.6 Å². The number of hydrogen-bond acceptors (Lipinski definition) is 4. The number of carbonyl (C=O) groups is 2. The van der Waals surface area contributed by atoms with Gasteiger partial charge in [-0.3, -0.25) is 9.59 Å². The van der Waals surface area contributed by atoms with Gasteiger partial charge in [-0.15, -0.1) is 0 Å². The lowest BCUT2D eigenvalue weighted by Gasteiger charge is -2.31. The Hall–Kier alpha value is -3.45. The molecule has 0 spiro atoms. The molecule has 2 unspecified atom stereocenters. The fourth-order valence-electron chi connectivity index (χ4n) is 6.15. The molecular weight excluding hydrogens is 556 g/mol. The van der Waals surface area contributed by atoms with Crippen LogP contribution in [0.25, 0.3) is 6.08 Å². The number of benzene rings is 3. The predicted molar refractivity (Wildman–Crippen MR) is 175 cm³/mol. The second kappa shape index (κ2) is 15.9. The molecule has 2 aliphatic rings. The highest BCUT2D eigenvalue weighted by Crippen LogP contribution is 2.27. The summed E-state index contributed by atoms with van der Waals surface area (Å²) in [6, 6.07) is 28.0. The van der Waals surface area contributed by atoms with Crippen LogP contribution < -0.4 is 10.6 Å². The summed E-state index contributed by atoms with van der Waals surface area (Å²) < 4.78 is 0. The minimum Gasteiger partial charge on any atom is -0.351 e. The zero-order chi connectivity index (χ0) is 29.9. The van der Waals surface area contributed by atoms with Gasteiger partial charge in [0.1, 0.15) is 0 Å². The zero-order valence-electron chi connectivity index (χ0n) is 24.8. The average Bonchev–Trinajstić information content (AvgIpc) is 3.20. The molecule has 2 aliphatic heterocycles. The van der Waals surface area contributed by atoms with Crippen molar-refractivity contribution in [2.75, 3.05) is 39.3 Å². The van der Waals surface area contributed by atoms with E-state index in [-0.39, 0.29) is 29.8 Å². The van der Waals surface area contributed by atoms with E-state index in [2.05, 4.69) is 69.0 Å². The first-order valence-corrected chi connectivity index (χ1v) is 16.0. The van der Waals surface area contributed by atoms with Crippen molar-refractivity contribution in [3.8, 4) is 0 Å². The van der Waals surface area contributed by atoms with Gasteiger partial charge in [0.25, 0.3) is 0 Å². The number of carbonyl (C=O) groups excluding carboxylic acids is 2. The first-order valence-electron chi connectivity index (χ1n) is 15.6. The number of hydrogen-bond donors (Lipinski definition) is 2. The Labute approximate surface area is 261 Å². The summed E-state index contributed by atoms with van der Waals surface area (Å²) in [5.41, 5.74) is 3.33. The second-order valence-electron chi connectivity index (χ2n) is 11.7. The van der Waals surface area contributed by atoms with Gasteiger partial charge in [-0.1, -0.05) is 90.8 Å². The highest BCUT2D eigenvalue weighted by Gasteiger charge is 2.33. The summed E-state index contributed by atoms with van der Waals surface area (Å²) in [6.07, 6.45) is 8.61. The van der Waals surface area contributed by atoms with E-state index in [0.29, 0.717) is 24.7 Å². The third-order valence-electron chi connectivity index (χ3n) is 8.60. The van der Waals surface area contributed by atoms with E-state index in [1.54, 1.807) is 12.2 Å². The summed E-state index contributed by atoms with van der Waals surface area (Å²) in [6.45, 7) is 4.84. The molecule has 0 aliphatic carbocycles. The average molecular weight is 599 g/mol. The third kappa shape index (κ3) is 9.27. The Kier molecular flexibility index (Phi) is 11.4. The first-order chi connectivity index (χ1) is 21.0. The van der Waals surface area contributed by atoms with Crippen molar-refractivity contribution in [1.29, 1.82) is 0 Å². The number of piperidine rings is 1. The minimum atomic E-state index is -0.289. The van der Waals surface area contributed by atoms with E-state index < -0.39 is 0 Å². The lowest BCUT2D eigenvalue weighted by Crippen LogP contribution is -2.50. The third-order valence-corrected chi connectivity index (χ3v) is 8.86.